The van der Waals surface area contributed by atoms with Gasteiger partial charge in [0, 0.05) is 6.07 Å². The van der Waals surface area contributed by atoms with Crippen molar-refractivity contribution in [2.45, 2.75) is 19.6 Å². The quantitative estimate of drug-likeness (QED) is 0.265. The maximum Gasteiger partial charge on any atom is 0.281 e. The van der Waals surface area contributed by atoms with Crippen molar-refractivity contribution in [3.05, 3.63) is 39.9 Å². The largest absolute Gasteiger partial charge is 0.281 e. The Bertz CT molecular complexity index is 521. The van der Waals surface area contributed by atoms with Gasteiger partial charge in [-0.05, 0) is 12.0 Å². The van der Waals surface area contributed by atoms with Crippen LogP contribution in [-0.2, 0) is 0 Å². The first-order valence-electron chi connectivity index (χ1n) is 5.12. The Balaban J connectivity index is 3.12. The van der Waals surface area contributed by atoms with Gasteiger partial charge < -0.3 is 0 Å². The second-order valence-electron chi connectivity index (χ2n) is 4.60. The maximum absolute atomic E-state index is 11.8. The highest BCUT2D eigenvalue weighted by molar-refractivity contribution is 6.84. The summed E-state index contributed by atoms with van der Waals surface area (Å²) in [6.45, 7) is 6.02. The van der Waals surface area contributed by atoms with Crippen LogP contribution >= 0.6 is 0 Å². The molecule has 0 heterocycles. The molecule has 0 aromatic heterocycles. The van der Waals surface area contributed by atoms with Crippen molar-refractivity contribution in [3.63, 3.8) is 0 Å². The minimum atomic E-state index is -1.65. The van der Waals surface area contributed by atoms with Gasteiger partial charge in [-0.15, -0.1) is 5.54 Å². The molecule has 0 saturated carbocycles. The summed E-state index contributed by atoms with van der Waals surface area (Å²) in [4.78, 5) is 21.9. The molecule has 1 aromatic carbocycles. The van der Waals surface area contributed by atoms with E-state index in [0.29, 0.717) is 0 Å². The molecule has 17 heavy (non-hydrogen) atoms. The molecule has 1 aromatic rings. The lowest BCUT2D eigenvalue weighted by atomic mass is 10.1. The van der Waals surface area contributed by atoms with E-state index in [0.717, 1.165) is 0 Å². The van der Waals surface area contributed by atoms with E-state index in [1.807, 2.05) is 19.6 Å². The Kier molecular flexibility index (Phi) is 3.81. The van der Waals surface area contributed by atoms with Crippen LogP contribution in [-0.4, -0.2) is 18.8 Å². The van der Waals surface area contributed by atoms with Crippen LogP contribution in [0.3, 0.4) is 0 Å². The van der Waals surface area contributed by atoms with Gasteiger partial charge in [0.05, 0.1) is 4.92 Å². The lowest BCUT2D eigenvalue weighted by molar-refractivity contribution is -0.385. The van der Waals surface area contributed by atoms with Gasteiger partial charge in [-0.25, -0.2) is 0 Å². The van der Waals surface area contributed by atoms with Crippen molar-refractivity contribution in [2.24, 2.45) is 0 Å². The van der Waals surface area contributed by atoms with Gasteiger partial charge in [-0.2, -0.15) is 0 Å². The van der Waals surface area contributed by atoms with Crippen LogP contribution in [0.4, 0.5) is 5.69 Å². The third-order valence-electron chi connectivity index (χ3n) is 1.90. The van der Waals surface area contributed by atoms with E-state index in [2.05, 4.69) is 11.5 Å². The molecule has 0 spiro atoms. The summed E-state index contributed by atoms with van der Waals surface area (Å²) in [5.74, 6) is 2.02. The van der Waals surface area contributed by atoms with Gasteiger partial charge >= 0.3 is 0 Å². The van der Waals surface area contributed by atoms with Gasteiger partial charge in [0.2, 0.25) is 5.78 Å². The second-order valence-corrected chi connectivity index (χ2v) is 9.35. The van der Waals surface area contributed by atoms with Gasteiger partial charge in [0.15, 0.2) is 0 Å². The zero-order chi connectivity index (χ0) is 13.1. The molecule has 4 nitrogen and oxygen atoms in total. The van der Waals surface area contributed by atoms with Gasteiger partial charge in [0.1, 0.15) is 13.6 Å². The highest BCUT2D eigenvalue weighted by atomic mass is 28.3. The molecule has 0 amide bonds. The fourth-order valence-corrected chi connectivity index (χ4v) is 1.62. The molecule has 0 N–H and O–H groups in total. The smallest absolute Gasteiger partial charge is 0.279 e. The van der Waals surface area contributed by atoms with E-state index in [1.54, 1.807) is 6.07 Å². The number of carbonyl (C=O) groups excluding carboxylic acids is 1. The number of para-hydroxylation sites is 1. The summed E-state index contributed by atoms with van der Waals surface area (Å²) < 4.78 is 0. The summed E-state index contributed by atoms with van der Waals surface area (Å²) in [5.41, 5.74) is 2.77. The van der Waals surface area contributed by atoms with E-state index >= 15 is 0 Å². The molecule has 0 bridgehead atoms. The second kappa shape index (κ2) is 4.93. The number of hydrogen-bond acceptors (Lipinski definition) is 3. The summed E-state index contributed by atoms with van der Waals surface area (Å²) in [7, 11) is -1.65. The number of Topliss-reactive ketones (excluding diaryl/α,β-unsaturated/α-hetero) is 1. The molecule has 0 unspecified atom stereocenters. The first-order valence-corrected chi connectivity index (χ1v) is 8.62. The Labute approximate surface area is 101 Å². The van der Waals surface area contributed by atoms with Crippen LogP contribution in [0, 0.1) is 21.6 Å². The van der Waals surface area contributed by atoms with E-state index < -0.39 is 18.8 Å². The number of hydrogen-bond donors (Lipinski definition) is 0. The fourth-order valence-electron chi connectivity index (χ4n) is 1.14. The molecule has 0 aliphatic carbocycles. The van der Waals surface area contributed by atoms with Crippen molar-refractivity contribution in [2.75, 3.05) is 0 Å². The molecule has 5 heteroatoms. The van der Waals surface area contributed by atoms with Crippen molar-refractivity contribution in [1.29, 1.82) is 0 Å². The van der Waals surface area contributed by atoms with E-state index in [9.17, 15) is 14.9 Å². The SMILES string of the molecule is C[Si](C)(C)C#CC(=O)c1ccccc1[N+](=O)[O-]. The standard InChI is InChI=1S/C12H13NO3Si/c1-17(2,3)9-8-12(14)10-6-4-5-7-11(10)13(15)16/h4-7H,1-3H3. The minimum Gasteiger partial charge on any atom is -0.279 e. The minimum absolute atomic E-state index is 0.0586. The Hall–Kier alpha value is -1.93. The van der Waals surface area contributed by atoms with Crippen molar-refractivity contribution >= 4 is 19.5 Å². The lowest BCUT2D eigenvalue weighted by Crippen LogP contribution is -2.17. The van der Waals surface area contributed by atoms with Crippen molar-refractivity contribution in [1.82, 2.24) is 0 Å². The fraction of sp³-hybridized carbons (Fsp3) is 0.250. The molecule has 0 fully saturated rings. The molecule has 0 saturated heterocycles. The molecule has 0 aliphatic heterocycles. The third kappa shape index (κ3) is 3.85. The molecule has 0 radical (unpaired) electrons. The van der Waals surface area contributed by atoms with E-state index in [-0.39, 0.29) is 11.3 Å². The third-order valence-corrected chi connectivity index (χ3v) is 2.77. The summed E-state index contributed by atoms with van der Waals surface area (Å²) in [6, 6.07) is 5.86. The number of rotatable bonds is 2. The highest BCUT2D eigenvalue weighted by Crippen LogP contribution is 2.17. The van der Waals surface area contributed by atoms with Gasteiger partial charge in [-0.3, -0.25) is 14.9 Å². The zero-order valence-corrected chi connectivity index (χ0v) is 11.0. The number of benzene rings is 1. The summed E-state index contributed by atoms with van der Waals surface area (Å²) in [6.07, 6.45) is 0. The summed E-state index contributed by atoms with van der Waals surface area (Å²) in [5, 5.41) is 10.7. The predicted octanol–water partition coefficient (Wildman–Crippen LogP) is 2.66. The van der Waals surface area contributed by atoms with Gasteiger partial charge in [0.25, 0.3) is 5.69 Å². The highest BCUT2D eigenvalue weighted by Gasteiger charge is 2.18. The predicted molar refractivity (Wildman–Crippen MR) is 68.5 cm³/mol. The van der Waals surface area contributed by atoms with Crippen LogP contribution in [0.5, 0.6) is 0 Å². The van der Waals surface area contributed by atoms with Crippen LogP contribution in [0.25, 0.3) is 0 Å². The maximum atomic E-state index is 11.8. The van der Waals surface area contributed by atoms with Crippen LogP contribution < -0.4 is 0 Å². The normalized spacial score (nSPS) is 10.3. The molecular formula is C12H13NO3Si. The van der Waals surface area contributed by atoms with Crippen LogP contribution in [0.15, 0.2) is 24.3 Å². The Morgan fingerprint density at radius 2 is 1.88 bits per heavy atom. The van der Waals surface area contributed by atoms with Crippen LogP contribution in [0.2, 0.25) is 19.6 Å². The van der Waals surface area contributed by atoms with Gasteiger partial charge in [-0.1, -0.05) is 31.8 Å². The number of carbonyl (C=O) groups is 1. The number of nitro groups is 1. The van der Waals surface area contributed by atoms with Crippen molar-refractivity contribution < 1.29 is 9.72 Å². The first-order chi connectivity index (χ1) is 7.81. The summed E-state index contributed by atoms with van der Waals surface area (Å²) >= 11 is 0. The van der Waals surface area contributed by atoms with E-state index in [4.69, 9.17) is 0 Å². The molecule has 88 valence electrons. The molecule has 0 atom stereocenters. The first kappa shape index (κ1) is 13.1. The zero-order valence-electron chi connectivity index (χ0n) is 9.98. The average molecular weight is 247 g/mol. The number of nitro benzene ring substituents is 1. The van der Waals surface area contributed by atoms with E-state index in [1.165, 1.54) is 18.2 Å². The Morgan fingerprint density at radius 1 is 1.29 bits per heavy atom. The molecular weight excluding hydrogens is 234 g/mol. The monoisotopic (exact) mass is 247 g/mol. The molecule has 1 rings (SSSR count). The average Bonchev–Trinajstić information content (AvgIpc) is 2.25. The van der Waals surface area contributed by atoms with Crippen LogP contribution in [0.1, 0.15) is 10.4 Å². The van der Waals surface area contributed by atoms with Crippen molar-refractivity contribution in [3.8, 4) is 11.5 Å². The Morgan fingerprint density at radius 3 is 2.41 bits per heavy atom. The molecule has 0 aliphatic rings. The number of nitrogens with zero attached hydrogens (tertiary/aromatic N) is 1. The number of ketones is 1. The topological polar surface area (TPSA) is 60.2 Å². The lowest BCUT2D eigenvalue weighted by Gasteiger charge is -2.03.